The van der Waals surface area contributed by atoms with Gasteiger partial charge in [-0.25, -0.2) is 0 Å². The second-order valence-corrected chi connectivity index (χ2v) is 6.84. The molecule has 1 N–H and O–H groups in total. The number of carbonyl (C=O) groups is 1. The fraction of sp³-hybridized carbons (Fsp3) is 0.444. The highest BCUT2D eigenvalue weighted by Gasteiger charge is 2.27. The number of thiophene rings is 1. The predicted molar refractivity (Wildman–Crippen MR) is 65.0 cm³/mol. The van der Waals surface area contributed by atoms with Gasteiger partial charge >= 0.3 is 5.97 Å². The first-order chi connectivity index (χ1) is 6.42. The van der Waals surface area contributed by atoms with E-state index in [9.17, 15) is 4.79 Å². The van der Waals surface area contributed by atoms with Gasteiger partial charge in [0.1, 0.15) is 4.75 Å². The summed E-state index contributed by atoms with van der Waals surface area (Å²) < 4.78 is 0.349. The SMILES string of the molecule is CC(C)(SCc1cc(Br)cs1)C(=O)O. The second kappa shape index (κ2) is 4.68. The summed E-state index contributed by atoms with van der Waals surface area (Å²) in [6.45, 7) is 3.45. The van der Waals surface area contributed by atoms with Gasteiger partial charge in [-0.05, 0) is 35.8 Å². The molecule has 0 bridgehead atoms. The lowest BCUT2D eigenvalue weighted by Gasteiger charge is -2.17. The van der Waals surface area contributed by atoms with Crippen LogP contribution in [0.4, 0.5) is 0 Å². The van der Waals surface area contributed by atoms with Gasteiger partial charge in [0.2, 0.25) is 0 Å². The summed E-state index contributed by atoms with van der Waals surface area (Å²) >= 11 is 6.45. The summed E-state index contributed by atoms with van der Waals surface area (Å²) in [7, 11) is 0. The molecule has 0 aliphatic rings. The van der Waals surface area contributed by atoms with Crippen LogP contribution in [-0.4, -0.2) is 15.8 Å². The Bertz CT molecular complexity index is 333. The molecule has 0 radical (unpaired) electrons. The summed E-state index contributed by atoms with van der Waals surface area (Å²) in [6.07, 6.45) is 0. The molecule has 0 aliphatic carbocycles. The van der Waals surface area contributed by atoms with Gasteiger partial charge in [-0.15, -0.1) is 23.1 Å². The lowest BCUT2D eigenvalue weighted by atomic mass is 10.2. The molecule has 0 spiro atoms. The van der Waals surface area contributed by atoms with Crippen molar-refractivity contribution in [3.63, 3.8) is 0 Å². The number of hydrogen-bond acceptors (Lipinski definition) is 3. The topological polar surface area (TPSA) is 37.3 Å². The Hall–Kier alpha value is -0.000000000000000111. The van der Waals surface area contributed by atoms with Gasteiger partial charge in [-0.2, -0.15) is 0 Å². The third kappa shape index (κ3) is 3.29. The first kappa shape index (κ1) is 12.1. The fourth-order valence-electron chi connectivity index (χ4n) is 0.743. The van der Waals surface area contributed by atoms with Crippen molar-refractivity contribution in [2.75, 3.05) is 0 Å². The molecule has 0 fully saturated rings. The van der Waals surface area contributed by atoms with E-state index in [2.05, 4.69) is 15.9 Å². The minimum absolute atomic E-state index is 0.712. The molecule has 1 aromatic heterocycles. The zero-order valence-electron chi connectivity index (χ0n) is 7.91. The van der Waals surface area contributed by atoms with E-state index < -0.39 is 10.7 Å². The maximum absolute atomic E-state index is 10.8. The molecule has 0 amide bonds. The number of rotatable bonds is 4. The molecule has 1 aromatic rings. The zero-order valence-corrected chi connectivity index (χ0v) is 11.1. The van der Waals surface area contributed by atoms with E-state index in [1.54, 1.807) is 25.2 Å². The molecule has 78 valence electrons. The van der Waals surface area contributed by atoms with Crippen LogP contribution in [0.3, 0.4) is 0 Å². The highest BCUT2D eigenvalue weighted by Crippen LogP contribution is 2.31. The Balaban J connectivity index is 2.52. The van der Waals surface area contributed by atoms with Crippen molar-refractivity contribution in [2.24, 2.45) is 0 Å². The van der Waals surface area contributed by atoms with Crippen molar-refractivity contribution in [3.8, 4) is 0 Å². The molecular weight excluding hydrogens is 284 g/mol. The largest absolute Gasteiger partial charge is 0.480 e. The van der Waals surface area contributed by atoms with E-state index in [0.717, 1.165) is 10.2 Å². The van der Waals surface area contributed by atoms with E-state index in [1.807, 2.05) is 11.4 Å². The van der Waals surface area contributed by atoms with Crippen molar-refractivity contribution in [1.82, 2.24) is 0 Å². The van der Waals surface area contributed by atoms with E-state index in [4.69, 9.17) is 5.11 Å². The molecule has 14 heavy (non-hydrogen) atoms. The number of thioether (sulfide) groups is 1. The van der Waals surface area contributed by atoms with E-state index >= 15 is 0 Å². The Morgan fingerprint density at radius 3 is 2.79 bits per heavy atom. The number of carboxylic acids is 1. The Morgan fingerprint density at radius 1 is 1.71 bits per heavy atom. The first-order valence-electron chi connectivity index (χ1n) is 4.02. The summed E-state index contributed by atoms with van der Waals surface area (Å²) in [5.41, 5.74) is 0. The second-order valence-electron chi connectivity index (χ2n) is 3.34. The average molecular weight is 295 g/mol. The fourth-order valence-corrected chi connectivity index (χ4v) is 3.14. The maximum atomic E-state index is 10.8. The van der Waals surface area contributed by atoms with Gasteiger partial charge in [0.05, 0.1) is 0 Å². The maximum Gasteiger partial charge on any atom is 0.319 e. The van der Waals surface area contributed by atoms with E-state index in [1.165, 1.54) is 16.6 Å². The number of halogens is 1. The highest BCUT2D eigenvalue weighted by atomic mass is 79.9. The van der Waals surface area contributed by atoms with Crippen molar-refractivity contribution < 1.29 is 9.90 Å². The van der Waals surface area contributed by atoms with Gasteiger partial charge in [0.25, 0.3) is 0 Å². The molecule has 2 nitrogen and oxygen atoms in total. The average Bonchev–Trinajstić information content (AvgIpc) is 2.48. The molecular formula is C9H11BrO2S2. The molecule has 0 aliphatic heterocycles. The van der Waals surface area contributed by atoms with Crippen molar-refractivity contribution in [3.05, 3.63) is 20.8 Å². The van der Waals surface area contributed by atoms with Crippen LogP contribution in [-0.2, 0) is 10.5 Å². The molecule has 0 atom stereocenters. The van der Waals surface area contributed by atoms with Crippen LogP contribution in [0.2, 0.25) is 0 Å². The van der Waals surface area contributed by atoms with Crippen LogP contribution in [0.5, 0.6) is 0 Å². The Kier molecular flexibility index (Phi) is 4.04. The molecule has 1 heterocycles. The predicted octanol–water partition coefficient (Wildman–Crippen LogP) is 3.61. The molecule has 0 saturated carbocycles. The molecule has 5 heteroatoms. The van der Waals surface area contributed by atoms with Crippen LogP contribution in [0.1, 0.15) is 18.7 Å². The van der Waals surface area contributed by atoms with Crippen LogP contribution in [0.15, 0.2) is 15.9 Å². The quantitative estimate of drug-likeness (QED) is 0.922. The van der Waals surface area contributed by atoms with Gasteiger partial charge in [0, 0.05) is 20.5 Å². The lowest BCUT2D eigenvalue weighted by molar-refractivity contribution is -0.138. The van der Waals surface area contributed by atoms with Gasteiger partial charge in [0.15, 0.2) is 0 Å². The van der Waals surface area contributed by atoms with Gasteiger partial charge in [-0.3, -0.25) is 4.79 Å². The minimum Gasteiger partial charge on any atom is -0.480 e. The van der Waals surface area contributed by atoms with Crippen LogP contribution < -0.4 is 0 Å². The van der Waals surface area contributed by atoms with Crippen LogP contribution in [0.25, 0.3) is 0 Å². The Labute approximate surface area is 99.8 Å². The minimum atomic E-state index is -0.766. The molecule has 0 saturated heterocycles. The Morgan fingerprint density at radius 2 is 2.36 bits per heavy atom. The summed E-state index contributed by atoms with van der Waals surface area (Å²) in [6, 6.07) is 2.02. The number of aliphatic carboxylic acids is 1. The monoisotopic (exact) mass is 294 g/mol. The van der Waals surface area contributed by atoms with Crippen LogP contribution >= 0.6 is 39.0 Å². The summed E-state index contributed by atoms with van der Waals surface area (Å²) in [5, 5.41) is 10.9. The van der Waals surface area contributed by atoms with E-state index in [0.29, 0.717) is 0 Å². The lowest BCUT2D eigenvalue weighted by Crippen LogP contribution is -2.27. The first-order valence-corrected chi connectivity index (χ1v) is 6.68. The number of hydrogen-bond donors (Lipinski definition) is 1. The summed E-state index contributed by atoms with van der Waals surface area (Å²) in [4.78, 5) is 12.0. The van der Waals surface area contributed by atoms with E-state index in [-0.39, 0.29) is 0 Å². The van der Waals surface area contributed by atoms with Gasteiger partial charge < -0.3 is 5.11 Å². The number of carboxylic acid groups (broad SMARTS) is 1. The highest BCUT2D eigenvalue weighted by molar-refractivity contribution is 9.10. The third-order valence-electron chi connectivity index (χ3n) is 1.71. The smallest absolute Gasteiger partial charge is 0.319 e. The van der Waals surface area contributed by atoms with Crippen LogP contribution in [0, 0.1) is 0 Å². The van der Waals surface area contributed by atoms with Crippen molar-refractivity contribution >= 4 is 45.0 Å². The molecule has 1 rings (SSSR count). The van der Waals surface area contributed by atoms with Gasteiger partial charge in [-0.1, -0.05) is 0 Å². The van der Waals surface area contributed by atoms with Crippen molar-refractivity contribution in [2.45, 2.75) is 24.3 Å². The molecule has 0 unspecified atom stereocenters. The normalized spacial score (nSPS) is 11.6. The standard InChI is InChI=1S/C9H11BrO2S2/c1-9(2,8(11)12)14-5-7-3-6(10)4-13-7/h3-4H,5H2,1-2H3,(H,11,12). The summed E-state index contributed by atoms with van der Waals surface area (Å²) in [5.74, 6) is -0.0200. The van der Waals surface area contributed by atoms with Crippen molar-refractivity contribution in [1.29, 1.82) is 0 Å². The zero-order chi connectivity index (χ0) is 10.8. The molecule has 0 aromatic carbocycles. The third-order valence-corrected chi connectivity index (χ3v) is 4.94.